The largest absolute Gasteiger partial charge is 0.455 e. The van der Waals surface area contributed by atoms with E-state index in [1.165, 1.54) is 22.3 Å². The second-order valence-corrected chi connectivity index (χ2v) is 12.6. The van der Waals surface area contributed by atoms with Crippen LogP contribution in [0.3, 0.4) is 0 Å². The lowest BCUT2D eigenvalue weighted by atomic mass is 9.82. The Bertz CT molecular complexity index is 2380. The SMILES string of the molecule is CC1(C)c2ccccc2-c2cc3c(cc21)oc1c(-c2cccc(-c4cc(-c5ccccc5)nc(-c5ccccc5)n4)c2)cccc13. The maximum atomic E-state index is 6.73. The van der Waals surface area contributed by atoms with Gasteiger partial charge in [0.15, 0.2) is 5.82 Å². The number of furan rings is 1. The van der Waals surface area contributed by atoms with E-state index in [2.05, 4.69) is 123 Å². The fraction of sp³-hybridized carbons (Fsp3) is 0.0698. The van der Waals surface area contributed by atoms with Gasteiger partial charge >= 0.3 is 0 Å². The zero-order valence-corrected chi connectivity index (χ0v) is 25.7. The molecule has 1 aliphatic rings. The summed E-state index contributed by atoms with van der Waals surface area (Å²) in [4.78, 5) is 10.0. The zero-order chi connectivity index (χ0) is 30.8. The molecule has 0 radical (unpaired) electrons. The predicted molar refractivity (Wildman–Crippen MR) is 189 cm³/mol. The van der Waals surface area contributed by atoms with E-state index < -0.39 is 0 Å². The smallest absolute Gasteiger partial charge is 0.160 e. The van der Waals surface area contributed by atoms with E-state index in [0.717, 1.165) is 61.1 Å². The van der Waals surface area contributed by atoms with E-state index in [-0.39, 0.29) is 5.41 Å². The molecule has 0 bridgehead atoms. The van der Waals surface area contributed by atoms with E-state index >= 15 is 0 Å². The van der Waals surface area contributed by atoms with Crippen LogP contribution in [-0.4, -0.2) is 9.97 Å². The molecule has 0 saturated carbocycles. The minimum Gasteiger partial charge on any atom is -0.455 e. The number of aromatic nitrogens is 2. The molecule has 1 aliphatic carbocycles. The molecule has 0 unspecified atom stereocenters. The van der Waals surface area contributed by atoms with Crippen LogP contribution in [0.25, 0.3) is 78.1 Å². The molecule has 0 fully saturated rings. The molecule has 46 heavy (non-hydrogen) atoms. The molecular formula is C43H30N2O. The Kier molecular flexibility index (Phi) is 5.85. The van der Waals surface area contributed by atoms with Gasteiger partial charge in [-0.3, -0.25) is 0 Å². The second-order valence-electron chi connectivity index (χ2n) is 12.6. The van der Waals surface area contributed by atoms with Crippen molar-refractivity contribution in [1.82, 2.24) is 9.97 Å². The van der Waals surface area contributed by atoms with Crippen molar-refractivity contribution in [2.24, 2.45) is 0 Å². The summed E-state index contributed by atoms with van der Waals surface area (Å²) in [6.07, 6.45) is 0. The number of para-hydroxylation sites is 1. The molecular weight excluding hydrogens is 560 g/mol. The van der Waals surface area contributed by atoms with Gasteiger partial charge in [-0.15, -0.1) is 0 Å². The first-order valence-corrected chi connectivity index (χ1v) is 15.7. The fourth-order valence-electron chi connectivity index (χ4n) is 7.13. The van der Waals surface area contributed by atoms with Crippen LogP contribution in [0.15, 0.2) is 150 Å². The monoisotopic (exact) mass is 590 g/mol. The molecule has 0 saturated heterocycles. The van der Waals surface area contributed by atoms with Gasteiger partial charge in [-0.05, 0) is 52.1 Å². The molecule has 2 heterocycles. The Labute approximate surface area is 267 Å². The Balaban J connectivity index is 1.19. The molecule has 0 spiro atoms. The summed E-state index contributed by atoms with van der Waals surface area (Å²) in [5.74, 6) is 0.708. The van der Waals surface area contributed by atoms with Crippen molar-refractivity contribution >= 4 is 21.9 Å². The van der Waals surface area contributed by atoms with Gasteiger partial charge in [-0.1, -0.05) is 135 Å². The lowest BCUT2D eigenvalue weighted by Gasteiger charge is -2.21. The van der Waals surface area contributed by atoms with Crippen LogP contribution in [-0.2, 0) is 5.41 Å². The molecule has 218 valence electrons. The van der Waals surface area contributed by atoms with Gasteiger partial charge < -0.3 is 4.42 Å². The van der Waals surface area contributed by atoms with Gasteiger partial charge in [0.05, 0.1) is 11.4 Å². The third-order valence-corrected chi connectivity index (χ3v) is 9.50. The van der Waals surface area contributed by atoms with Gasteiger partial charge in [-0.25, -0.2) is 9.97 Å². The third-order valence-electron chi connectivity index (χ3n) is 9.50. The quantitative estimate of drug-likeness (QED) is 0.205. The molecule has 0 aliphatic heterocycles. The Morgan fingerprint density at radius 3 is 1.89 bits per heavy atom. The van der Waals surface area contributed by atoms with Crippen LogP contribution in [0, 0.1) is 0 Å². The van der Waals surface area contributed by atoms with Gasteiger partial charge in [0.1, 0.15) is 11.2 Å². The number of nitrogens with zero attached hydrogens (tertiary/aromatic N) is 2. The van der Waals surface area contributed by atoms with Crippen molar-refractivity contribution in [3.05, 3.63) is 157 Å². The standard InChI is InChI=1S/C43H30N2O/c1-43(2)36-22-10-9-19-32(36)34-24-35-33-21-12-20-31(41(33)46-40(35)25-37(34)43)29-17-11-18-30(23-29)39-26-38(27-13-5-3-6-14-27)44-42(45-39)28-15-7-4-8-16-28/h3-26H,1-2H3. The van der Waals surface area contributed by atoms with E-state index in [9.17, 15) is 0 Å². The van der Waals surface area contributed by atoms with Crippen molar-refractivity contribution in [3.8, 4) is 56.2 Å². The predicted octanol–water partition coefficient (Wildman–Crippen LogP) is 11.4. The van der Waals surface area contributed by atoms with Gasteiger partial charge in [0, 0.05) is 38.4 Å². The van der Waals surface area contributed by atoms with Gasteiger partial charge in [0.2, 0.25) is 0 Å². The summed E-state index contributed by atoms with van der Waals surface area (Å²) in [6, 6.07) is 51.0. The first-order valence-electron chi connectivity index (χ1n) is 15.7. The topological polar surface area (TPSA) is 38.9 Å². The first kappa shape index (κ1) is 26.6. The van der Waals surface area contributed by atoms with Gasteiger partial charge in [-0.2, -0.15) is 0 Å². The maximum Gasteiger partial charge on any atom is 0.160 e. The van der Waals surface area contributed by atoms with E-state index in [1.54, 1.807) is 0 Å². The highest BCUT2D eigenvalue weighted by Gasteiger charge is 2.36. The zero-order valence-electron chi connectivity index (χ0n) is 25.7. The Morgan fingerprint density at radius 2 is 1.09 bits per heavy atom. The number of rotatable bonds is 4. The first-order chi connectivity index (χ1) is 22.5. The van der Waals surface area contributed by atoms with Crippen LogP contribution in [0.5, 0.6) is 0 Å². The summed E-state index contributed by atoms with van der Waals surface area (Å²) in [5, 5.41) is 2.28. The maximum absolute atomic E-state index is 6.73. The average molecular weight is 591 g/mol. The second kappa shape index (κ2) is 10.1. The van der Waals surface area contributed by atoms with E-state index in [4.69, 9.17) is 14.4 Å². The number of hydrogen-bond donors (Lipinski definition) is 0. The summed E-state index contributed by atoms with van der Waals surface area (Å²) < 4.78 is 6.73. The molecule has 0 amide bonds. The summed E-state index contributed by atoms with van der Waals surface area (Å²) in [5.41, 5.74) is 14.1. The van der Waals surface area contributed by atoms with Crippen molar-refractivity contribution in [3.63, 3.8) is 0 Å². The lowest BCUT2D eigenvalue weighted by molar-refractivity contribution is 0.648. The summed E-state index contributed by atoms with van der Waals surface area (Å²) in [7, 11) is 0. The van der Waals surface area contributed by atoms with Crippen molar-refractivity contribution in [2.45, 2.75) is 19.3 Å². The number of benzene rings is 6. The molecule has 0 atom stereocenters. The Hall–Kier alpha value is -5.80. The van der Waals surface area contributed by atoms with Crippen LogP contribution >= 0.6 is 0 Å². The van der Waals surface area contributed by atoms with Crippen molar-refractivity contribution < 1.29 is 4.42 Å². The van der Waals surface area contributed by atoms with Gasteiger partial charge in [0.25, 0.3) is 0 Å². The van der Waals surface area contributed by atoms with Crippen LogP contribution < -0.4 is 0 Å². The number of fused-ring (bicyclic) bond motifs is 6. The van der Waals surface area contributed by atoms with Crippen LogP contribution in [0.1, 0.15) is 25.0 Å². The minimum absolute atomic E-state index is 0.0784. The molecule has 3 heteroatoms. The van der Waals surface area contributed by atoms with E-state index in [1.807, 2.05) is 36.4 Å². The highest BCUT2D eigenvalue weighted by molar-refractivity contribution is 6.11. The molecule has 3 nitrogen and oxygen atoms in total. The van der Waals surface area contributed by atoms with Crippen molar-refractivity contribution in [2.75, 3.05) is 0 Å². The summed E-state index contributed by atoms with van der Waals surface area (Å²) >= 11 is 0. The molecule has 9 rings (SSSR count). The van der Waals surface area contributed by atoms with E-state index in [0.29, 0.717) is 5.82 Å². The lowest BCUT2D eigenvalue weighted by Crippen LogP contribution is -2.14. The summed E-state index contributed by atoms with van der Waals surface area (Å²) in [6.45, 7) is 4.62. The molecule has 8 aromatic rings. The van der Waals surface area contributed by atoms with Crippen LogP contribution in [0.2, 0.25) is 0 Å². The molecule has 6 aromatic carbocycles. The highest BCUT2D eigenvalue weighted by Crippen LogP contribution is 2.51. The third kappa shape index (κ3) is 4.13. The molecule has 2 aromatic heterocycles. The average Bonchev–Trinajstić information content (AvgIpc) is 3.59. The highest BCUT2D eigenvalue weighted by atomic mass is 16.3. The van der Waals surface area contributed by atoms with Crippen LogP contribution in [0.4, 0.5) is 0 Å². The minimum atomic E-state index is -0.0784. The van der Waals surface area contributed by atoms with Crippen molar-refractivity contribution in [1.29, 1.82) is 0 Å². The normalized spacial score (nSPS) is 13.2. The number of hydrogen-bond acceptors (Lipinski definition) is 3. The fourth-order valence-corrected chi connectivity index (χ4v) is 7.13. The molecule has 0 N–H and O–H groups in total. The Morgan fingerprint density at radius 1 is 0.457 bits per heavy atom.